The highest BCUT2D eigenvalue weighted by molar-refractivity contribution is 5.84. The van der Waals surface area contributed by atoms with Crippen LogP contribution in [0.1, 0.15) is 31.7 Å². The van der Waals surface area contributed by atoms with Crippen molar-refractivity contribution in [3.8, 4) is 11.3 Å². The van der Waals surface area contributed by atoms with Crippen molar-refractivity contribution in [1.29, 1.82) is 0 Å². The van der Waals surface area contributed by atoms with E-state index in [1.165, 1.54) is 11.3 Å². The van der Waals surface area contributed by atoms with Gasteiger partial charge >= 0.3 is 0 Å². The number of anilines is 2. The molecule has 28 heavy (non-hydrogen) atoms. The van der Waals surface area contributed by atoms with Crippen LogP contribution >= 0.6 is 0 Å². The fraction of sp³-hybridized carbons (Fsp3) is 0.409. The second kappa shape index (κ2) is 9.35. The summed E-state index contributed by atoms with van der Waals surface area (Å²) >= 11 is 0. The summed E-state index contributed by atoms with van der Waals surface area (Å²) < 4.78 is 0. The van der Waals surface area contributed by atoms with Gasteiger partial charge in [-0.3, -0.25) is 4.79 Å². The van der Waals surface area contributed by atoms with Crippen LogP contribution in [0.2, 0.25) is 0 Å². The molecule has 0 aliphatic carbocycles. The Morgan fingerprint density at radius 1 is 1.36 bits per heavy atom. The standard InChI is InChI=1S/C22H29N5O/c1-4-19(26-24-15-28)11-8-16-12-17-9-10-18(13-21(17)23-14-16)20-6-5-7-22(25-20)27(2)3/h5-7,9-10,13,15-16,23H,4,8,11-12,14H2,1-3H3,(H,24,28)/b26-19+/t16-/m1/s1. The number of aromatic nitrogens is 1. The average molecular weight is 380 g/mol. The second-order valence-corrected chi connectivity index (χ2v) is 7.42. The van der Waals surface area contributed by atoms with E-state index in [9.17, 15) is 4.79 Å². The van der Waals surface area contributed by atoms with Crippen LogP contribution in [0.25, 0.3) is 11.3 Å². The molecule has 1 aromatic heterocycles. The smallest absolute Gasteiger partial charge is 0.227 e. The summed E-state index contributed by atoms with van der Waals surface area (Å²) in [5.74, 6) is 1.53. The van der Waals surface area contributed by atoms with Crippen LogP contribution in [-0.4, -0.2) is 37.7 Å². The van der Waals surface area contributed by atoms with Crippen LogP contribution < -0.4 is 15.6 Å². The molecule has 2 N–H and O–H groups in total. The van der Waals surface area contributed by atoms with Crippen molar-refractivity contribution in [2.75, 3.05) is 30.9 Å². The van der Waals surface area contributed by atoms with Gasteiger partial charge in [-0.15, -0.1) is 0 Å². The highest BCUT2D eigenvalue weighted by Crippen LogP contribution is 2.31. The molecule has 6 heteroatoms. The van der Waals surface area contributed by atoms with E-state index >= 15 is 0 Å². The molecule has 0 bridgehead atoms. The molecular formula is C22H29N5O. The van der Waals surface area contributed by atoms with Crippen molar-refractivity contribution in [3.05, 3.63) is 42.0 Å². The zero-order valence-corrected chi connectivity index (χ0v) is 16.9. The monoisotopic (exact) mass is 379 g/mol. The maximum atomic E-state index is 10.4. The summed E-state index contributed by atoms with van der Waals surface area (Å²) in [5, 5.41) is 7.72. The minimum atomic E-state index is 0.571. The van der Waals surface area contributed by atoms with E-state index in [2.05, 4.69) is 47.0 Å². The van der Waals surface area contributed by atoms with Crippen molar-refractivity contribution in [2.45, 2.75) is 32.6 Å². The number of hydrazone groups is 1. The first-order valence-corrected chi connectivity index (χ1v) is 9.86. The molecule has 0 unspecified atom stereocenters. The lowest BCUT2D eigenvalue weighted by Gasteiger charge is -2.27. The Labute approximate surface area is 167 Å². The van der Waals surface area contributed by atoms with Gasteiger partial charge in [-0.25, -0.2) is 10.4 Å². The van der Waals surface area contributed by atoms with Gasteiger partial charge in [-0.1, -0.05) is 25.1 Å². The molecule has 2 aromatic rings. The fourth-order valence-electron chi connectivity index (χ4n) is 3.55. The number of amides is 1. The number of hydrogen-bond donors (Lipinski definition) is 2. The van der Waals surface area contributed by atoms with Crippen LogP contribution in [0.5, 0.6) is 0 Å². The van der Waals surface area contributed by atoms with E-state index in [0.717, 1.165) is 55.0 Å². The van der Waals surface area contributed by atoms with E-state index in [-0.39, 0.29) is 0 Å². The Morgan fingerprint density at radius 2 is 2.21 bits per heavy atom. The molecular weight excluding hydrogens is 350 g/mol. The summed E-state index contributed by atoms with van der Waals surface area (Å²) in [6.07, 6.45) is 4.52. The number of carbonyl (C=O) groups is 1. The third-order valence-corrected chi connectivity index (χ3v) is 5.21. The molecule has 2 heterocycles. The molecule has 0 radical (unpaired) electrons. The van der Waals surface area contributed by atoms with E-state index in [1.807, 2.05) is 31.1 Å². The number of benzene rings is 1. The van der Waals surface area contributed by atoms with Gasteiger partial charge < -0.3 is 10.2 Å². The first kappa shape index (κ1) is 19.9. The quantitative estimate of drug-likeness (QED) is 0.417. The van der Waals surface area contributed by atoms with Crippen LogP contribution in [0, 0.1) is 5.92 Å². The van der Waals surface area contributed by atoms with Gasteiger partial charge in [-0.2, -0.15) is 5.10 Å². The number of nitrogens with one attached hydrogen (secondary N) is 2. The zero-order chi connectivity index (χ0) is 19.9. The third kappa shape index (κ3) is 4.88. The summed E-state index contributed by atoms with van der Waals surface area (Å²) in [6, 6.07) is 12.7. The molecule has 0 saturated heterocycles. The minimum absolute atomic E-state index is 0.571. The largest absolute Gasteiger partial charge is 0.385 e. The molecule has 0 fully saturated rings. The number of nitrogens with zero attached hydrogens (tertiary/aromatic N) is 3. The first-order valence-electron chi connectivity index (χ1n) is 9.86. The molecule has 1 aliphatic heterocycles. The van der Waals surface area contributed by atoms with Gasteiger partial charge in [0.05, 0.1) is 5.69 Å². The van der Waals surface area contributed by atoms with Gasteiger partial charge in [0.15, 0.2) is 0 Å². The number of pyridine rings is 1. The van der Waals surface area contributed by atoms with Crippen molar-refractivity contribution < 1.29 is 4.79 Å². The molecule has 1 atom stereocenters. The summed E-state index contributed by atoms with van der Waals surface area (Å²) in [7, 11) is 4.01. The second-order valence-electron chi connectivity index (χ2n) is 7.42. The molecule has 0 spiro atoms. The number of rotatable bonds is 8. The van der Waals surface area contributed by atoms with Crippen LogP contribution in [0.15, 0.2) is 41.5 Å². The minimum Gasteiger partial charge on any atom is -0.385 e. The Kier molecular flexibility index (Phi) is 6.63. The van der Waals surface area contributed by atoms with Crippen LogP contribution in [0.4, 0.5) is 11.5 Å². The van der Waals surface area contributed by atoms with E-state index in [4.69, 9.17) is 4.98 Å². The normalized spacial score (nSPS) is 16.1. The SMILES string of the molecule is CC/C(CC[C@H]1CNc2cc(-c3cccc(N(C)C)n3)ccc2C1)=N\NC=O. The van der Waals surface area contributed by atoms with Gasteiger partial charge in [0.2, 0.25) is 6.41 Å². The lowest BCUT2D eigenvalue weighted by atomic mass is 9.88. The van der Waals surface area contributed by atoms with Crippen molar-refractivity contribution in [3.63, 3.8) is 0 Å². The first-order chi connectivity index (χ1) is 13.6. The maximum absolute atomic E-state index is 10.4. The van der Waals surface area contributed by atoms with Gasteiger partial charge in [0, 0.05) is 37.6 Å². The lowest BCUT2D eigenvalue weighted by molar-refractivity contribution is -0.109. The molecule has 1 amide bonds. The van der Waals surface area contributed by atoms with E-state index in [0.29, 0.717) is 12.3 Å². The summed E-state index contributed by atoms with van der Waals surface area (Å²) in [4.78, 5) is 17.2. The summed E-state index contributed by atoms with van der Waals surface area (Å²) in [5.41, 5.74) is 8.14. The third-order valence-electron chi connectivity index (χ3n) is 5.21. The zero-order valence-electron chi connectivity index (χ0n) is 16.9. The highest BCUT2D eigenvalue weighted by Gasteiger charge is 2.19. The van der Waals surface area contributed by atoms with Crippen LogP contribution in [0.3, 0.4) is 0 Å². The van der Waals surface area contributed by atoms with Crippen molar-refractivity contribution >= 4 is 23.6 Å². The maximum Gasteiger partial charge on any atom is 0.227 e. The Bertz CT molecular complexity index is 847. The predicted molar refractivity (Wildman–Crippen MR) is 116 cm³/mol. The molecule has 1 aliphatic rings. The average Bonchev–Trinajstić information content (AvgIpc) is 2.73. The molecule has 1 aromatic carbocycles. The topological polar surface area (TPSA) is 69.6 Å². The van der Waals surface area contributed by atoms with Gasteiger partial charge in [0.1, 0.15) is 5.82 Å². The van der Waals surface area contributed by atoms with E-state index in [1.54, 1.807) is 0 Å². The fourth-order valence-corrected chi connectivity index (χ4v) is 3.55. The highest BCUT2D eigenvalue weighted by atomic mass is 16.1. The van der Waals surface area contributed by atoms with Gasteiger partial charge in [-0.05, 0) is 55.4 Å². The molecule has 0 saturated carbocycles. The number of carbonyl (C=O) groups excluding carboxylic acids is 1. The number of hydrogen-bond acceptors (Lipinski definition) is 5. The molecule has 6 nitrogen and oxygen atoms in total. The lowest BCUT2D eigenvalue weighted by Crippen LogP contribution is -2.24. The van der Waals surface area contributed by atoms with Gasteiger partial charge in [0.25, 0.3) is 0 Å². The van der Waals surface area contributed by atoms with Crippen molar-refractivity contribution in [2.24, 2.45) is 11.0 Å². The Balaban J connectivity index is 1.67. The molecule has 148 valence electrons. The van der Waals surface area contributed by atoms with Crippen LogP contribution in [-0.2, 0) is 11.2 Å². The Hall–Kier alpha value is -2.89. The van der Waals surface area contributed by atoms with E-state index < -0.39 is 0 Å². The summed E-state index contributed by atoms with van der Waals surface area (Å²) in [6.45, 7) is 3.03. The Morgan fingerprint density at radius 3 is 2.96 bits per heavy atom. The van der Waals surface area contributed by atoms with Crippen molar-refractivity contribution in [1.82, 2.24) is 10.4 Å². The molecule has 3 rings (SSSR count). The number of fused-ring (bicyclic) bond motifs is 1. The predicted octanol–water partition coefficient (Wildman–Crippen LogP) is 3.69.